The van der Waals surface area contributed by atoms with Crippen molar-refractivity contribution in [1.82, 2.24) is 14.7 Å². The van der Waals surface area contributed by atoms with Crippen LogP contribution in [0.1, 0.15) is 12.8 Å². The molecule has 17 heavy (non-hydrogen) atoms. The van der Waals surface area contributed by atoms with Crippen LogP contribution >= 0.6 is 0 Å². The number of carbonyl (C=O) groups excluding carboxylic acids is 2. The van der Waals surface area contributed by atoms with Crippen molar-refractivity contribution in [3.8, 4) is 0 Å². The standard InChI is InChI=1S/C12H21N3O2/c1-13(2)11(16)9-14-5-7-15(8-6-14)12(17)10-3-4-10/h10H,3-9H2,1-2H3. The molecule has 0 aromatic heterocycles. The molecule has 0 radical (unpaired) electrons. The van der Waals surface area contributed by atoms with Crippen LogP contribution in [-0.4, -0.2) is 73.3 Å². The van der Waals surface area contributed by atoms with E-state index in [1.807, 2.05) is 4.90 Å². The molecule has 0 atom stereocenters. The van der Waals surface area contributed by atoms with E-state index in [9.17, 15) is 9.59 Å². The molecule has 0 aromatic rings. The molecule has 0 bridgehead atoms. The van der Waals surface area contributed by atoms with Gasteiger partial charge in [-0.25, -0.2) is 0 Å². The number of hydrogen-bond donors (Lipinski definition) is 0. The fourth-order valence-corrected chi connectivity index (χ4v) is 2.05. The maximum atomic E-state index is 11.8. The minimum atomic E-state index is 0.131. The van der Waals surface area contributed by atoms with E-state index in [2.05, 4.69) is 4.90 Å². The Labute approximate surface area is 102 Å². The van der Waals surface area contributed by atoms with Gasteiger partial charge in [0.15, 0.2) is 0 Å². The first-order chi connectivity index (χ1) is 8.08. The Morgan fingerprint density at radius 1 is 1.12 bits per heavy atom. The second-order valence-corrected chi connectivity index (χ2v) is 5.16. The second-order valence-electron chi connectivity index (χ2n) is 5.16. The summed E-state index contributed by atoms with van der Waals surface area (Å²) in [6.45, 7) is 3.65. The molecule has 2 aliphatic rings. The van der Waals surface area contributed by atoms with Crippen LogP contribution in [0.25, 0.3) is 0 Å². The minimum absolute atomic E-state index is 0.131. The van der Waals surface area contributed by atoms with E-state index in [1.54, 1.807) is 19.0 Å². The van der Waals surface area contributed by atoms with Gasteiger partial charge in [-0.3, -0.25) is 14.5 Å². The third-order valence-corrected chi connectivity index (χ3v) is 3.47. The number of likely N-dealkylation sites (N-methyl/N-ethyl adjacent to an activating group) is 1. The first kappa shape index (κ1) is 12.4. The molecule has 2 fully saturated rings. The quantitative estimate of drug-likeness (QED) is 0.675. The van der Waals surface area contributed by atoms with E-state index >= 15 is 0 Å². The van der Waals surface area contributed by atoms with Crippen LogP contribution in [0.5, 0.6) is 0 Å². The first-order valence-electron chi connectivity index (χ1n) is 6.29. The van der Waals surface area contributed by atoms with Crippen LogP contribution in [0.15, 0.2) is 0 Å². The molecule has 0 spiro atoms. The van der Waals surface area contributed by atoms with Gasteiger partial charge in [-0.15, -0.1) is 0 Å². The van der Waals surface area contributed by atoms with E-state index in [0.717, 1.165) is 39.0 Å². The van der Waals surface area contributed by atoms with Gasteiger partial charge >= 0.3 is 0 Å². The molecular weight excluding hydrogens is 218 g/mol. The summed E-state index contributed by atoms with van der Waals surface area (Å²) in [5.41, 5.74) is 0. The van der Waals surface area contributed by atoms with Gasteiger partial charge in [0.2, 0.25) is 11.8 Å². The highest BCUT2D eigenvalue weighted by Gasteiger charge is 2.34. The predicted molar refractivity (Wildman–Crippen MR) is 64.4 cm³/mol. The summed E-state index contributed by atoms with van der Waals surface area (Å²) in [5, 5.41) is 0. The van der Waals surface area contributed by atoms with Crippen molar-refractivity contribution >= 4 is 11.8 Å². The number of amides is 2. The van der Waals surface area contributed by atoms with Crippen LogP contribution in [0.3, 0.4) is 0 Å². The first-order valence-corrected chi connectivity index (χ1v) is 6.29. The highest BCUT2D eigenvalue weighted by atomic mass is 16.2. The Hall–Kier alpha value is -1.10. The van der Waals surface area contributed by atoms with Gasteiger partial charge in [0.05, 0.1) is 6.54 Å². The number of hydrogen-bond acceptors (Lipinski definition) is 3. The zero-order valence-corrected chi connectivity index (χ0v) is 10.7. The Kier molecular flexibility index (Phi) is 3.66. The maximum absolute atomic E-state index is 11.8. The third kappa shape index (κ3) is 3.19. The van der Waals surface area contributed by atoms with E-state index in [4.69, 9.17) is 0 Å². The summed E-state index contributed by atoms with van der Waals surface area (Å²) in [6, 6.07) is 0. The maximum Gasteiger partial charge on any atom is 0.236 e. The zero-order valence-electron chi connectivity index (χ0n) is 10.7. The van der Waals surface area contributed by atoms with Gasteiger partial charge in [0.1, 0.15) is 0 Å². The van der Waals surface area contributed by atoms with Gasteiger partial charge in [-0.1, -0.05) is 0 Å². The fraction of sp³-hybridized carbons (Fsp3) is 0.833. The monoisotopic (exact) mass is 239 g/mol. The van der Waals surface area contributed by atoms with Crippen molar-refractivity contribution in [3.05, 3.63) is 0 Å². The lowest BCUT2D eigenvalue weighted by Gasteiger charge is -2.34. The van der Waals surface area contributed by atoms with Crippen molar-refractivity contribution in [2.24, 2.45) is 5.92 Å². The Morgan fingerprint density at radius 2 is 1.71 bits per heavy atom. The predicted octanol–water partition coefficient (Wildman–Crippen LogP) is -0.371. The van der Waals surface area contributed by atoms with Gasteiger partial charge in [0, 0.05) is 46.2 Å². The summed E-state index contributed by atoms with van der Waals surface area (Å²) in [7, 11) is 3.55. The van der Waals surface area contributed by atoms with Gasteiger partial charge in [0.25, 0.3) is 0 Å². The largest absolute Gasteiger partial charge is 0.348 e. The number of rotatable bonds is 3. The van der Waals surface area contributed by atoms with Crippen LogP contribution in [0, 0.1) is 5.92 Å². The summed E-state index contributed by atoms with van der Waals surface area (Å²) < 4.78 is 0. The van der Waals surface area contributed by atoms with Crippen LogP contribution in [-0.2, 0) is 9.59 Å². The zero-order chi connectivity index (χ0) is 12.4. The van der Waals surface area contributed by atoms with Gasteiger partial charge in [-0.2, -0.15) is 0 Å². The molecular formula is C12H21N3O2. The van der Waals surface area contributed by atoms with Crippen molar-refractivity contribution in [1.29, 1.82) is 0 Å². The lowest BCUT2D eigenvalue weighted by molar-refractivity contribution is -0.135. The van der Waals surface area contributed by atoms with Gasteiger partial charge in [-0.05, 0) is 12.8 Å². The van der Waals surface area contributed by atoms with Crippen molar-refractivity contribution in [2.75, 3.05) is 46.8 Å². The topological polar surface area (TPSA) is 43.9 Å². The average Bonchev–Trinajstić information content (AvgIpc) is 3.13. The van der Waals surface area contributed by atoms with Crippen molar-refractivity contribution < 1.29 is 9.59 Å². The Bertz CT molecular complexity index is 305. The molecule has 2 amide bonds. The Balaban J connectivity index is 1.74. The van der Waals surface area contributed by atoms with E-state index in [0.29, 0.717) is 18.4 Å². The highest BCUT2D eigenvalue weighted by molar-refractivity contribution is 5.81. The lowest BCUT2D eigenvalue weighted by Crippen LogP contribution is -2.51. The molecule has 5 heteroatoms. The SMILES string of the molecule is CN(C)C(=O)CN1CCN(C(=O)C2CC2)CC1. The average molecular weight is 239 g/mol. The smallest absolute Gasteiger partial charge is 0.236 e. The molecule has 1 heterocycles. The molecule has 1 aliphatic heterocycles. The minimum Gasteiger partial charge on any atom is -0.348 e. The molecule has 2 rings (SSSR count). The van der Waals surface area contributed by atoms with Crippen LogP contribution in [0.4, 0.5) is 0 Å². The van der Waals surface area contributed by atoms with Crippen LogP contribution < -0.4 is 0 Å². The number of piperazine rings is 1. The second kappa shape index (κ2) is 5.04. The molecule has 1 aliphatic carbocycles. The molecule has 1 saturated heterocycles. The number of carbonyl (C=O) groups is 2. The molecule has 0 N–H and O–H groups in total. The molecule has 0 unspecified atom stereocenters. The summed E-state index contributed by atoms with van der Waals surface area (Å²) >= 11 is 0. The molecule has 96 valence electrons. The number of nitrogens with zero attached hydrogens (tertiary/aromatic N) is 3. The summed E-state index contributed by atoms with van der Waals surface area (Å²) in [6.07, 6.45) is 2.14. The lowest BCUT2D eigenvalue weighted by atomic mass is 10.2. The molecule has 5 nitrogen and oxygen atoms in total. The highest BCUT2D eigenvalue weighted by Crippen LogP contribution is 2.31. The van der Waals surface area contributed by atoms with E-state index in [1.165, 1.54) is 0 Å². The van der Waals surface area contributed by atoms with E-state index in [-0.39, 0.29) is 5.91 Å². The van der Waals surface area contributed by atoms with E-state index < -0.39 is 0 Å². The fourth-order valence-electron chi connectivity index (χ4n) is 2.05. The van der Waals surface area contributed by atoms with Crippen LogP contribution in [0.2, 0.25) is 0 Å². The van der Waals surface area contributed by atoms with Gasteiger partial charge < -0.3 is 9.80 Å². The summed E-state index contributed by atoms with van der Waals surface area (Å²) in [5.74, 6) is 0.764. The summed E-state index contributed by atoms with van der Waals surface area (Å²) in [4.78, 5) is 29.1. The Morgan fingerprint density at radius 3 is 2.18 bits per heavy atom. The van der Waals surface area contributed by atoms with Crippen molar-refractivity contribution in [3.63, 3.8) is 0 Å². The molecule has 1 saturated carbocycles. The normalized spacial score (nSPS) is 21.4. The molecule has 0 aromatic carbocycles. The third-order valence-electron chi connectivity index (χ3n) is 3.47. The van der Waals surface area contributed by atoms with Crippen molar-refractivity contribution in [2.45, 2.75) is 12.8 Å².